The van der Waals surface area contributed by atoms with Crippen LogP contribution in [0.4, 0.5) is 5.69 Å². The fourth-order valence-corrected chi connectivity index (χ4v) is 2.85. The molecule has 2 N–H and O–H groups in total. The molecule has 3 aromatic rings. The minimum atomic E-state index is -0.138. The molecule has 0 spiro atoms. The van der Waals surface area contributed by atoms with E-state index in [0.29, 0.717) is 5.69 Å². The third-order valence-electron chi connectivity index (χ3n) is 3.45. The predicted molar refractivity (Wildman–Crippen MR) is 86.4 cm³/mol. The van der Waals surface area contributed by atoms with Gasteiger partial charge in [0.2, 0.25) is 0 Å². The Bertz CT molecular complexity index is 732. The molecule has 21 heavy (non-hydrogen) atoms. The lowest BCUT2D eigenvalue weighted by molar-refractivity contribution is 0.428. The van der Waals surface area contributed by atoms with Crippen LogP contribution in [0.5, 0.6) is 0 Å². The maximum atomic E-state index is 6.20. The molecule has 0 unspecified atom stereocenters. The molecule has 4 heteroatoms. The Morgan fingerprint density at radius 2 is 1.48 bits per heavy atom. The lowest BCUT2D eigenvalue weighted by Crippen LogP contribution is -2.05. The highest BCUT2D eigenvalue weighted by atomic mass is 79.9. The van der Waals surface area contributed by atoms with Gasteiger partial charge >= 0.3 is 0 Å². The minimum absolute atomic E-state index is 0.138. The van der Waals surface area contributed by atoms with Crippen molar-refractivity contribution in [2.24, 2.45) is 0 Å². The Labute approximate surface area is 131 Å². The smallest absolute Gasteiger partial charge is 0.119 e. The summed E-state index contributed by atoms with van der Waals surface area (Å²) >= 11 is 3.44. The molecule has 3 rings (SSSR count). The summed E-state index contributed by atoms with van der Waals surface area (Å²) in [4.78, 5) is 0. The van der Waals surface area contributed by atoms with Crippen molar-refractivity contribution in [2.45, 2.75) is 19.8 Å². The average molecular weight is 346 g/mol. The van der Waals surface area contributed by atoms with Crippen LogP contribution in [0.15, 0.2) is 55.8 Å². The number of furan rings is 2. The molecule has 2 aromatic heterocycles. The molecule has 0 fully saturated rings. The normalized spacial score (nSPS) is 11.2. The standard InChI is InChI=1S/C17H16BrNO2/c1-10-3-7-15(20-10)17(16-8-4-11(2)21-16)13-6-5-12(18)9-14(13)19/h3-9,17H,19H2,1-2H3. The average Bonchev–Trinajstić information content (AvgIpc) is 3.02. The van der Waals surface area contributed by atoms with Gasteiger partial charge < -0.3 is 14.6 Å². The van der Waals surface area contributed by atoms with Gasteiger partial charge in [0.15, 0.2) is 0 Å². The summed E-state index contributed by atoms with van der Waals surface area (Å²) < 4.78 is 12.6. The Hall–Kier alpha value is -1.94. The van der Waals surface area contributed by atoms with Gasteiger partial charge in [0, 0.05) is 10.2 Å². The van der Waals surface area contributed by atoms with Crippen LogP contribution in [0.1, 0.15) is 34.5 Å². The molecular weight excluding hydrogens is 330 g/mol. The van der Waals surface area contributed by atoms with E-state index in [2.05, 4.69) is 15.9 Å². The molecule has 0 aliphatic carbocycles. The molecule has 108 valence electrons. The third-order valence-corrected chi connectivity index (χ3v) is 3.94. The highest BCUT2D eigenvalue weighted by Crippen LogP contribution is 2.37. The Morgan fingerprint density at radius 1 is 0.905 bits per heavy atom. The highest BCUT2D eigenvalue weighted by Gasteiger charge is 2.25. The Balaban J connectivity index is 2.16. The van der Waals surface area contributed by atoms with Crippen molar-refractivity contribution in [3.63, 3.8) is 0 Å². The molecule has 0 saturated heterocycles. The lowest BCUT2D eigenvalue weighted by Gasteiger charge is -2.15. The first-order valence-corrected chi connectivity index (χ1v) is 7.51. The monoisotopic (exact) mass is 345 g/mol. The molecule has 1 aromatic carbocycles. The van der Waals surface area contributed by atoms with Crippen molar-refractivity contribution in [2.75, 3.05) is 5.73 Å². The summed E-state index contributed by atoms with van der Waals surface area (Å²) in [5.74, 6) is 3.26. The Kier molecular flexibility index (Phi) is 3.64. The van der Waals surface area contributed by atoms with Crippen molar-refractivity contribution < 1.29 is 8.83 Å². The van der Waals surface area contributed by atoms with Gasteiger partial charge in [-0.3, -0.25) is 0 Å². The van der Waals surface area contributed by atoms with Gasteiger partial charge in [0.05, 0.1) is 0 Å². The number of nitrogens with two attached hydrogens (primary N) is 1. The van der Waals surface area contributed by atoms with Crippen LogP contribution >= 0.6 is 15.9 Å². The van der Waals surface area contributed by atoms with E-state index in [1.807, 2.05) is 56.3 Å². The number of nitrogen functional groups attached to an aromatic ring is 1. The van der Waals surface area contributed by atoms with E-state index in [4.69, 9.17) is 14.6 Å². The molecule has 0 atom stereocenters. The zero-order valence-electron chi connectivity index (χ0n) is 11.9. The Morgan fingerprint density at radius 3 is 1.90 bits per heavy atom. The topological polar surface area (TPSA) is 52.3 Å². The molecule has 0 bridgehead atoms. The third kappa shape index (κ3) is 2.76. The summed E-state index contributed by atoms with van der Waals surface area (Å²) in [6.45, 7) is 3.86. The quantitative estimate of drug-likeness (QED) is 0.678. The van der Waals surface area contributed by atoms with Crippen molar-refractivity contribution >= 4 is 21.6 Å². The summed E-state index contributed by atoms with van der Waals surface area (Å²) in [6, 6.07) is 13.7. The molecule has 3 nitrogen and oxygen atoms in total. The fraction of sp³-hybridized carbons (Fsp3) is 0.176. The summed E-state index contributed by atoms with van der Waals surface area (Å²) in [5, 5.41) is 0. The first-order chi connectivity index (χ1) is 10.0. The van der Waals surface area contributed by atoms with E-state index in [1.165, 1.54) is 0 Å². The number of hydrogen-bond acceptors (Lipinski definition) is 3. The van der Waals surface area contributed by atoms with Crippen molar-refractivity contribution in [3.05, 3.63) is 75.5 Å². The van der Waals surface area contributed by atoms with Crippen LogP contribution in [-0.2, 0) is 0 Å². The van der Waals surface area contributed by atoms with E-state index in [0.717, 1.165) is 33.1 Å². The molecule has 2 heterocycles. The van der Waals surface area contributed by atoms with Gasteiger partial charge in [-0.05, 0) is 55.8 Å². The number of halogens is 1. The maximum Gasteiger partial charge on any atom is 0.119 e. The molecule has 0 saturated carbocycles. The van der Waals surface area contributed by atoms with E-state index in [9.17, 15) is 0 Å². The SMILES string of the molecule is Cc1ccc(C(c2ccc(C)o2)c2ccc(Br)cc2N)o1. The number of aryl methyl sites for hydroxylation is 2. The van der Waals surface area contributed by atoms with Crippen molar-refractivity contribution in [1.82, 2.24) is 0 Å². The number of benzene rings is 1. The second-order valence-corrected chi connectivity index (χ2v) is 6.02. The van der Waals surface area contributed by atoms with Crippen LogP contribution in [-0.4, -0.2) is 0 Å². The molecule has 0 radical (unpaired) electrons. The zero-order valence-corrected chi connectivity index (χ0v) is 13.5. The van der Waals surface area contributed by atoms with Crippen LogP contribution < -0.4 is 5.73 Å². The van der Waals surface area contributed by atoms with Crippen LogP contribution in [0.25, 0.3) is 0 Å². The number of hydrogen-bond donors (Lipinski definition) is 1. The second kappa shape index (κ2) is 5.45. The molecule has 0 amide bonds. The largest absolute Gasteiger partial charge is 0.465 e. The molecule has 0 aliphatic heterocycles. The first kappa shape index (κ1) is 14.0. The summed E-state index contributed by atoms with van der Waals surface area (Å²) in [5.41, 5.74) is 7.88. The van der Waals surface area contributed by atoms with Crippen LogP contribution in [0.3, 0.4) is 0 Å². The maximum absolute atomic E-state index is 6.20. The first-order valence-electron chi connectivity index (χ1n) is 6.72. The highest BCUT2D eigenvalue weighted by molar-refractivity contribution is 9.10. The van der Waals surface area contributed by atoms with Crippen LogP contribution in [0, 0.1) is 13.8 Å². The van der Waals surface area contributed by atoms with E-state index >= 15 is 0 Å². The van der Waals surface area contributed by atoms with Gasteiger partial charge in [-0.2, -0.15) is 0 Å². The van der Waals surface area contributed by atoms with Crippen LogP contribution in [0.2, 0.25) is 0 Å². The minimum Gasteiger partial charge on any atom is -0.465 e. The van der Waals surface area contributed by atoms with Gasteiger partial charge in [-0.15, -0.1) is 0 Å². The fourth-order valence-electron chi connectivity index (χ4n) is 2.47. The lowest BCUT2D eigenvalue weighted by atomic mass is 9.92. The van der Waals surface area contributed by atoms with Gasteiger partial charge in [0.25, 0.3) is 0 Å². The molecular formula is C17H16BrNO2. The van der Waals surface area contributed by atoms with Gasteiger partial charge in [0.1, 0.15) is 29.0 Å². The van der Waals surface area contributed by atoms with E-state index in [1.54, 1.807) is 0 Å². The van der Waals surface area contributed by atoms with Crippen molar-refractivity contribution in [1.29, 1.82) is 0 Å². The molecule has 0 aliphatic rings. The van der Waals surface area contributed by atoms with E-state index < -0.39 is 0 Å². The number of anilines is 1. The van der Waals surface area contributed by atoms with Gasteiger partial charge in [-0.25, -0.2) is 0 Å². The summed E-state index contributed by atoms with van der Waals surface area (Å²) in [7, 11) is 0. The zero-order chi connectivity index (χ0) is 15.0. The van der Waals surface area contributed by atoms with Crippen molar-refractivity contribution in [3.8, 4) is 0 Å². The predicted octanol–water partition coefficient (Wildman–Crippen LogP) is 5.01. The van der Waals surface area contributed by atoms with E-state index in [-0.39, 0.29) is 5.92 Å². The number of rotatable bonds is 3. The second-order valence-electron chi connectivity index (χ2n) is 5.10. The summed E-state index contributed by atoms with van der Waals surface area (Å²) in [6.07, 6.45) is 0. The van der Waals surface area contributed by atoms with Gasteiger partial charge in [-0.1, -0.05) is 22.0 Å².